The largest absolute Gasteiger partial charge is 0.330 e. The van der Waals surface area contributed by atoms with E-state index < -0.39 is 0 Å². The molecule has 2 heteroatoms. The van der Waals surface area contributed by atoms with Crippen LogP contribution in [0.2, 0.25) is 0 Å². The molecule has 0 aliphatic carbocycles. The van der Waals surface area contributed by atoms with Crippen LogP contribution in [0.1, 0.15) is 51.5 Å². The molecule has 1 aromatic carbocycles. The molecule has 2 nitrogen and oxygen atoms in total. The fourth-order valence-corrected chi connectivity index (χ4v) is 3.59. The Hall–Kier alpha value is -1.12. The molecule has 2 N–H and O–H groups in total. The molecule has 116 valence electrons. The fourth-order valence-electron chi connectivity index (χ4n) is 3.59. The number of benzene rings is 1. The van der Waals surface area contributed by atoms with E-state index in [1.165, 1.54) is 43.5 Å². The predicted molar refractivity (Wildman–Crippen MR) is 92.2 cm³/mol. The molecular weight excluding hydrogens is 256 g/mol. The molecule has 1 unspecified atom stereocenters. The topological polar surface area (TPSA) is 29.3 Å². The Morgan fingerprint density at radius 1 is 1.19 bits per heavy atom. The van der Waals surface area contributed by atoms with Gasteiger partial charge in [-0.15, -0.1) is 0 Å². The van der Waals surface area contributed by atoms with Crippen LogP contribution in [0.25, 0.3) is 6.08 Å². The molecule has 2 rings (SSSR count). The van der Waals surface area contributed by atoms with Crippen molar-refractivity contribution in [3.63, 3.8) is 0 Å². The molecule has 0 bridgehead atoms. The summed E-state index contributed by atoms with van der Waals surface area (Å²) in [6.45, 7) is 7.88. The quantitative estimate of drug-likeness (QED) is 0.854. The summed E-state index contributed by atoms with van der Waals surface area (Å²) in [5.74, 6) is 0. The summed E-state index contributed by atoms with van der Waals surface area (Å²) in [5.41, 5.74) is 8.86. The molecule has 1 atom stereocenters. The molecule has 1 aliphatic rings. The third kappa shape index (κ3) is 4.69. The molecule has 1 fully saturated rings. The van der Waals surface area contributed by atoms with E-state index in [9.17, 15) is 0 Å². The maximum atomic E-state index is 5.90. The zero-order valence-electron chi connectivity index (χ0n) is 13.6. The molecule has 0 aromatic heterocycles. The van der Waals surface area contributed by atoms with Crippen molar-refractivity contribution < 1.29 is 0 Å². The van der Waals surface area contributed by atoms with E-state index in [2.05, 4.69) is 55.2 Å². The first-order chi connectivity index (χ1) is 10.1. The first kappa shape index (κ1) is 16.3. The van der Waals surface area contributed by atoms with Crippen LogP contribution in [0.3, 0.4) is 0 Å². The summed E-state index contributed by atoms with van der Waals surface area (Å²) in [4.78, 5) is 2.67. The summed E-state index contributed by atoms with van der Waals surface area (Å²) in [5, 5.41) is 0. The number of hydrogen-bond donors (Lipinski definition) is 1. The van der Waals surface area contributed by atoms with Gasteiger partial charge in [0, 0.05) is 5.54 Å². The minimum Gasteiger partial charge on any atom is -0.330 e. The second-order valence-electron chi connectivity index (χ2n) is 6.66. The fraction of sp³-hybridized carbons (Fsp3) is 0.579. The smallest absolute Gasteiger partial charge is 0.0230 e. The molecule has 1 aromatic rings. The third-order valence-corrected chi connectivity index (χ3v) is 4.67. The van der Waals surface area contributed by atoms with E-state index in [1.807, 2.05) is 0 Å². The van der Waals surface area contributed by atoms with E-state index in [0.717, 1.165) is 19.4 Å². The van der Waals surface area contributed by atoms with Crippen LogP contribution in [0.4, 0.5) is 0 Å². The van der Waals surface area contributed by atoms with Gasteiger partial charge < -0.3 is 5.73 Å². The van der Waals surface area contributed by atoms with Crippen LogP contribution in [0, 0.1) is 0 Å². The summed E-state index contributed by atoms with van der Waals surface area (Å²) in [7, 11) is 0. The van der Waals surface area contributed by atoms with Crippen molar-refractivity contribution in [2.75, 3.05) is 19.6 Å². The van der Waals surface area contributed by atoms with Gasteiger partial charge in [0.2, 0.25) is 0 Å². The van der Waals surface area contributed by atoms with Crippen molar-refractivity contribution in [1.29, 1.82) is 0 Å². The van der Waals surface area contributed by atoms with Gasteiger partial charge in [-0.1, -0.05) is 48.4 Å². The second-order valence-corrected chi connectivity index (χ2v) is 6.66. The lowest BCUT2D eigenvalue weighted by molar-refractivity contribution is 0.0750. The standard InChI is InChI=1S/C19H30N2/c1-17(15-18-9-5-3-6-10-18)16-19(2,11-12-20)21-13-7-4-8-14-21/h3,5-6,9-10,15H,4,7-8,11-14,16,20H2,1-2H3. The zero-order valence-corrected chi connectivity index (χ0v) is 13.6. The number of hydrogen-bond acceptors (Lipinski definition) is 2. The minimum absolute atomic E-state index is 0.213. The highest BCUT2D eigenvalue weighted by Crippen LogP contribution is 2.30. The molecule has 0 saturated carbocycles. The molecule has 21 heavy (non-hydrogen) atoms. The normalized spacial score (nSPS) is 20.2. The van der Waals surface area contributed by atoms with E-state index in [-0.39, 0.29) is 5.54 Å². The zero-order chi connectivity index (χ0) is 15.1. The van der Waals surface area contributed by atoms with Crippen LogP contribution in [-0.4, -0.2) is 30.1 Å². The number of piperidine rings is 1. The summed E-state index contributed by atoms with van der Waals surface area (Å²) in [6, 6.07) is 10.6. The van der Waals surface area contributed by atoms with Crippen molar-refractivity contribution in [2.45, 2.75) is 51.5 Å². The van der Waals surface area contributed by atoms with Crippen molar-refractivity contribution in [3.05, 3.63) is 41.5 Å². The summed E-state index contributed by atoms with van der Waals surface area (Å²) < 4.78 is 0. The second kappa shape index (κ2) is 7.77. The molecule has 0 spiro atoms. The highest BCUT2D eigenvalue weighted by Gasteiger charge is 2.31. The number of rotatable bonds is 6. The van der Waals surface area contributed by atoms with E-state index >= 15 is 0 Å². The molecule has 0 radical (unpaired) electrons. The monoisotopic (exact) mass is 286 g/mol. The summed E-state index contributed by atoms with van der Waals surface area (Å²) >= 11 is 0. The van der Waals surface area contributed by atoms with Crippen LogP contribution >= 0.6 is 0 Å². The Bertz CT molecular complexity index is 446. The van der Waals surface area contributed by atoms with Gasteiger partial charge >= 0.3 is 0 Å². The molecular formula is C19H30N2. The number of likely N-dealkylation sites (tertiary alicyclic amines) is 1. The number of nitrogens with zero attached hydrogens (tertiary/aromatic N) is 1. The van der Waals surface area contributed by atoms with Crippen molar-refractivity contribution in [1.82, 2.24) is 4.90 Å². The van der Waals surface area contributed by atoms with Crippen LogP contribution < -0.4 is 5.73 Å². The van der Waals surface area contributed by atoms with Gasteiger partial charge in [-0.25, -0.2) is 0 Å². The predicted octanol–water partition coefficient (Wildman–Crippen LogP) is 4.07. The lowest BCUT2D eigenvalue weighted by Gasteiger charge is -2.44. The Morgan fingerprint density at radius 2 is 1.86 bits per heavy atom. The van der Waals surface area contributed by atoms with Gasteiger partial charge in [0.15, 0.2) is 0 Å². The average molecular weight is 286 g/mol. The third-order valence-electron chi connectivity index (χ3n) is 4.67. The minimum atomic E-state index is 0.213. The van der Waals surface area contributed by atoms with Crippen molar-refractivity contribution in [3.8, 4) is 0 Å². The highest BCUT2D eigenvalue weighted by molar-refractivity contribution is 5.52. The Kier molecular flexibility index (Phi) is 6.01. The maximum absolute atomic E-state index is 5.90. The van der Waals surface area contributed by atoms with Crippen LogP contribution in [0.15, 0.2) is 35.9 Å². The average Bonchev–Trinajstić information content (AvgIpc) is 2.49. The molecule has 0 amide bonds. The Labute approximate surface area is 130 Å². The van der Waals surface area contributed by atoms with E-state index in [0.29, 0.717) is 0 Å². The van der Waals surface area contributed by atoms with Crippen molar-refractivity contribution in [2.24, 2.45) is 5.73 Å². The summed E-state index contributed by atoms with van der Waals surface area (Å²) in [6.07, 6.45) is 8.56. The van der Waals surface area contributed by atoms with E-state index in [1.54, 1.807) is 0 Å². The highest BCUT2D eigenvalue weighted by atomic mass is 15.2. The van der Waals surface area contributed by atoms with Crippen LogP contribution in [0.5, 0.6) is 0 Å². The van der Waals surface area contributed by atoms with Crippen LogP contribution in [-0.2, 0) is 0 Å². The van der Waals surface area contributed by atoms with Gasteiger partial charge in [0.1, 0.15) is 0 Å². The van der Waals surface area contributed by atoms with E-state index in [4.69, 9.17) is 5.73 Å². The first-order valence-electron chi connectivity index (χ1n) is 8.31. The van der Waals surface area contributed by atoms with Gasteiger partial charge in [0.05, 0.1) is 0 Å². The van der Waals surface area contributed by atoms with Crippen molar-refractivity contribution >= 4 is 6.08 Å². The van der Waals surface area contributed by atoms with Gasteiger partial charge in [-0.2, -0.15) is 0 Å². The lowest BCUT2D eigenvalue weighted by Crippen LogP contribution is -2.50. The number of nitrogens with two attached hydrogens (primary N) is 1. The maximum Gasteiger partial charge on any atom is 0.0230 e. The first-order valence-corrected chi connectivity index (χ1v) is 8.31. The molecule has 1 heterocycles. The van der Waals surface area contributed by atoms with Gasteiger partial charge in [0.25, 0.3) is 0 Å². The van der Waals surface area contributed by atoms with Gasteiger partial charge in [-0.3, -0.25) is 4.90 Å². The molecule has 1 saturated heterocycles. The Balaban J connectivity index is 2.09. The Morgan fingerprint density at radius 3 is 2.48 bits per heavy atom. The lowest BCUT2D eigenvalue weighted by atomic mass is 9.86. The van der Waals surface area contributed by atoms with Gasteiger partial charge in [-0.05, 0) is 64.7 Å². The SMILES string of the molecule is CC(=Cc1ccccc1)CC(C)(CCN)N1CCCCC1. The molecule has 1 aliphatic heterocycles.